The highest BCUT2D eigenvalue weighted by molar-refractivity contribution is 5.83. The van der Waals surface area contributed by atoms with E-state index in [9.17, 15) is 4.79 Å². The monoisotopic (exact) mass is 374 g/mol. The molecule has 0 spiro atoms. The molecule has 4 fully saturated rings. The summed E-state index contributed by atoms with van der Waals surface area (Å²) < 4.78 is 0. The minimum absolute atomic E-state index is 0.171. The molecule has 4 saturated carbocycles. The Labute approximate surface area is 168 Å². The van der Waals surface area contributed by atoms with Crippen LogP contribution in [0.15, 0.2) is 42.7 Å². The van der Waals surface area contributed by atoms with E-state index in [1.165, 1.54) is 36.0 Å². The lowest BCUT2D eigenvalue weighted by Gasteiger charge is -2.61. The molecule has 1 amide bonds. The second-order valence-electron chi connectivity index (χ2n) is 9.86. The van der Waals surface area contributed by atoms with E-state index in [0.717, 1.165) is 24.8 Å². The zero-order valence-electron chi connectivity index (χ0n) is 17.0. The van der Waals surface area contributed by atoms with Gasteiger partial charge in [-0.3, -0.25) is 9.78 Å². The van der Waals surface area contributed by atoms with Gasteiger partial charge in [0, 0.05) is 18.9 Å². The maximum absolute atomic E-state index is 13.4. The number of aryl methyl sites for hydroxylation is 2. The molecular formula is C25H30N2O. The summed E-state index contributed by atoms with van der Waals surface area (Å²) in [6, 6.07) is 11.0. The Bertz CT molecular complexity index is 890. The number of carbonyl (C=O) groups excluding carboxylic acids is 1. The van der Waals surface area contributed by atoms with Gasteiger partial charge in [-0.2, -0.15) is 0 Å². The first-order chi connectivity index (χ1) is 13.5. The van der Waals surface area contributed by atoms with Crippen molar-refractivity contribution in [1.82, 2.24) is 10.3 Å². The normalized spacial score (nSPS) is 33.1. The average molecular weight is 375 g/mol. The Kier molecular flexibility index (Phi) is 4.12. The number of amides is 1. The van der Waals surface area contributed by atoms with Gasteiger partial charge in [-0.25, -0.2) is 0 Å². The molecule has 6 rings (SSSR count). The van der Waals surface area contributed by atoms with Crippen molar-refractivity contribution in [2.75, 3.05) is 0 Å². The van der Waals surface area contributed by atoms with Gasteiger partial charge in [0.05, 0.1) is 5.41 Å². The van der Waals surface area contributed by atoms with Gasteiger partial charge < -0.3 is 5.32 Å². The number of nitrogens with one attached hydrogen (secondary N) is 1. The molecule has 3 heteroatoms. The molecule has 0 aliphatic heterocycles. The van der Waals surface area contributed by atoms with E-state index < -0.39 is 0 Å². The maximum Gasteiger partial charge on any atom is 0.226 e. The molecule has 0 radical (unpaired) electrons. The van der Waals surface area contributed by atoms with Crippen LogP contribution < -0.4 is 5.32 Å². The lowest BCUT2D eigenvalue weighted by molar-refractivity contribution is -0.149. The summed E-state index contributed by atoms with van der Waals surface area (Å²) in [6.07, 6.45) is 10.6. The Morgan fingerprint density at radius 1 is 1.04 bits per heavy atom. The largest absolute Gasteiger partial charge is 0.352 e. The minimum atomic E-state index is -0.171. The molecule has 0 saturated heterocycles. The highest BCUT2D eigenvalue weighted by Gasteiger charge is 2.60. The molecule has 28 heavy (non-hydrogen) atoms. The van der Waals surface area contributed by atoms with Gasteiger partial charge in [-0.05, 0) is 104 Å². The lowest BCUT2D eigenvalue weighted by atomic mass is 9.42. The van der Waals surface area contributed by atoms with E-state index in [1.54, 1.807) is 12.4 Å². The second-order valence-corrected chi connectivity index (χ2v) is 9.86. The highest BCUT2D eigenvalue weighted by Crippen LogP contribution is 2.65. The molecule has 2 atom stereocenters. The third-order valence-electron chi connectivity index (χ3n) is 7.86. The second kappa shape index (κ2) is 6.43. The first-order valence-corrected chi connectivity index (χ1v) is 10.7. The fourth-order valence-electron chi connectivity index (χ4n) is 6.81. The molecular weight excluding hydrogens is 344 g/mol. The van der Waals surface area contributed by atoms with E-state index in [0.29, 0.717) is 18.4 Å². The third-order valence-corrected chi connectivity index (χ3v) is 7.86. The van der Waals surface area contributed by atoms with Crippen molar-refractivity contribution < 1.29 is 4.79 Å². The van der Waals surface area contributed by atoms with Crippen molar-refractivity contribution in [3.05, 3.63) is 65.0 Å². The van der Waals surface area contributed by atoms with Gasteiger partial charge in [-0.15, -0.1) is 0 Å². The van der Waals surface area contributed by atoms with Crippen LogP contribution in [0.2, 0.25) is 0 Å². The average Bonchev–Trinajstić information content (AvgIpc) is 2.68. The predicted octanol–water partition coefficient (Wildman–Crippen LogP) is 4.85. The highest BCUT2D eigenvalue weighted by atomic mass is 16.2. The first kappa shape index (κ1) is 17.9. The van der Waals surface area contributed by atoms with Crippen LogP contribution in [0, 0.1) is 31.1 Å². The molecule has 1 aromatic heterocycles. The van der Waals surface area contributed by atoms with Gasteiger partial charge in [0.15, 0.2) is 0 Å². The SMILES string of the molecule is Cc1ccc(C23CC4CC(CC(C(=O)NCc5ccncc5)(C4)C2)C3)cc1C. The predicted molar refractivity (Wildman–Crippen MR) is 111 cm³/mol. The summed E-state index contributed by atoms with van der Waals surface area (Å²) in [5, 5.41) is 3.28. The van der Waals surface area contributed by atoms with Crippen molar-refractivity contribution in [2.45, 2.75) is 64.3 Å². The number of rotatable bonds is 4. The lowest BCUT2D eigenvalue weighted by Crippen LogP contribution is -2.59. The molecule has 2 unspecified atom stereocenters. The van der Waals surface area contributed by atoms with Gasteiger partial charge in [0.1, 0.15) is 0 Å². The fourth-order valence-corrected chi connectivity index (χ4v) is 6.81. The van der Waals surface area contributed by atoms with Crippen LogP contribution in [0.4, 0.5) is 0 Å². The van der Waals surface area contributed by atoms with E-state index in [1.807, 2.05) is 12.1 Å². The molecule has 3 nitrogen and oxygen atoms in total. The van der Waals surface area contributed by atoms with Crippen molar-refractivity contribution in [3.8, 4) is 0 Å². The molecule has 1 heterocycles. The van der Waals surface area contributed by atoms with Crippen molar-refractivity contribution in [3.63, 3.8) is 0 Å². The minimum Gasteiger partial charge on any atom is -0.352 e. The quantitative estimate of drug-likeness (QED) is 0.831. The van der Waals surface area contributed by atoms with Crippen molar-refractivity contribution in [2.24, 2.45) is 17.3 Å². The molecule has 146 valence electrons. The Balaban J connectivity index is 1.42. The molecule has 4 aliphatic rings. The molecule has 1 N–H and O–H groups in total. The molecule has 2 aromatic rings. The zero-order valence-corrected chi connectivity index (χ0v) is 17.0. The van der Waals surface area contributed by atoms with Crippen LogP contribution in [-0.2, 0) is 16.8 Å². The van der Waals surface area contributed by atoms with Crippen LogP contribution in [0.3, 0.4) is 0 Å². The van der Waals surface area contributed by atoms with Gasteiger partial charge in [-0.1, -0.05) is 18.2 Å². The van der Waals surface area contributed by atoms with Gasteiger partial charge in [0.25, 0.3) is 0 Å². The van der Waals surface area contributed by atoms with E-state index >= 15 is 0 Å². The van der Waals surface area contributed by atoms with Gasteiger partial charge >= 0.3 is 0 Å². The summed E-state index contributed by atoms with van der Waals surface area (Å²) in [5.74, 6) is 1.69. The Morgan fingerprint density at radius 2 is 1.75 bits per heavy atom. The Hall–Kier alpha value is -2.16. The number of nitrogens with zero attached hydrogens (tertiary/aromatic N) is 1. The Morgan fingerprint density at radius 3 is 2.43 bits per heavy atom. The zero-order chi connectivity index (χ0) is 19.4. The number of hydrogen-bond donors (Lipinski definition) is 1. The van der Waals surface area contributed by atoms with Crippen LogP contribution in [0.5, 0.6) is 0 Å². The standard InChI is InChI=1S/C25H30N2O/c1-17-3-4-22(9-18(17)2)24-11-20-10-21(12-24)14-25(13-20,16-24)23(28)27-15-19-5-7-26-8-6-19/h3-9,20-21H,10-16H2,1-2H3,(H,27,28). The summed E-state index contributed by atoms with van der Waals surface area (Å²) in [6.45, 7) is 5.01. The third kappa shape index (κ3) is 2.87. The van der Waals surface area contributed by atoms with E-state index in [4.69, 9.17) is 0 Å². The van der Waals surface area contributed by atoms with Crippen LogP contribution in [0.25, 0.3) is 0 Å². The summed E-state index contributed by atoms with van der Waals surface area (Å²) >= 11 is 0. The molecule has 4 aliphatic carbocycles. The summed E-state index contributed by atoms with van der Waals surface area (Å²) in [4.78, 5) is 17.5. The summed E-state index contributed by atoms with van der Waals surface area (Å²) in [5.41, 5.74) is 5.38. The summed E-state index contributed by atoms with van der Waals surface area (Å²) in [7, 11) is 0. The van der Waals surface area contributed by atoms with Crippen LogP contribution >= 0.6 is 0 Å². The molecule has 4 bridgehead atoms. The van der Waals surface area contributed by atoms with Gasteiger partial charge in [0.2, 0.25) is 5.91 Å². The van der Waals surface area contributed by atoms with Crippen molar-refractivity contribution >= 4 is 5.91 Å². The van der Waals surface area contributed by atoms with Crippen LogP contribution in [0.1, 0.15) is 60.8 Å². The topological polar surface area (TPSA) is 42.0 Å². The first-order valence-electron chi connectivity index (χ1n) is 10.7. The molecule has 1 aromatic carbocycles. The smallest absolute Gasteiger partial charge is 0.226 e. The number of aromatic nitrogens is 1. The van der Waals surface area contributed by atoms with Crippen molar-refractivity contribution in [1.29, 1.82) is 0 Å². The number of carbonyl (C=O) groups is 1. The van der Waals surface area contributed by atoms with Crippen LogP contribution in [-0.4, -0.2) is 10.9 Å². The number of hydrogen-bond acceptors (Lipinski definition) is 2. The number of pyridine rings is 1. The number of benzene rings is 1. The maximum atomic E-state index is 13.4. The van der Waals surface area contributed by atoms with E-state index in [-0.39, 0.29) is 16.7 Å². The fraction of sp³-hybridized carbons (Fsp3) is 0.520. The van der Waals surface area contributed by atoms with E-state index in [2.05, 4.69) is 42.3 Å².